The van der Waals surface area contributed by atoms with Gasteiger partial charge >= 0.3 is 0 Å². The smallest absolute Gasteiger partial charge is 0.270 e. The molecule has 0 bridgehead atoms. The van der Waals surface area contributed by atoms with Gasteiger partial charge in [0.2, 0.25) is 11.8 Å². The highest BCUT2D eigenvalue weighted by molar-refractivity contribution is 5.92. The number of carbonyl (C=O) groups is 1. The van der Waals surface area contributed by atoms with Gasteiger partial charge in [-0.15, -0.1) is 0 Å². The highest BCUT2D eigenvalue weighted by Crippen LogP contribution is 2.08. The van der Waals surface area contributed by atoms with E-state index in [0.717, 1.165) is 5.56 Å². The first-order valence-electron chi connectivity index (χ1n) is 6.45. The van der Waals surface area contributed by atoms with Crippen molar-refractivity contribution in [3.63, 3.8) is 0 Å². The van der Waals surface area contributed by atoms with Gasteiger partial charge in [-0.3, -0.25) is 4.79 Å². The summed E-state index contributed by atoms with van der Waals surface area (Å²) >= 11 is 0. The van der Waals surface area contributed by atoms with Crippen molar-refractivity contribution in [3.8, 4) is 11.8 Å². The molecule has 1 amide bonds. The van der Waals surface area contributed by atoms with Gasteiger partial charge in [-0.1, -0.05) is 6.07 Å². The second-order valence-electron chi connectivity index (χ2n) is 4.07. The molecule has 1 N–H and O–H groups in total. The topological polar surface area (TPSA) is 86.2 Å². The number of hydrogen-bond donors (Lipinski definition) is 1. The van der Waals surface area contributed by atoms with Crippen molar-refractivity contribution in [2.45, 2.75) is 13.5 Å². The number of pyridine rings is 1. The molecule has 0 atom stereocenters. The first-order valence-corrected chi connectivity index (χ1v) is 6.45. The Kier molecular flexibility index (Phi) is 5.03. The van der Waals surface area contributed by atoms with Crippen LogP contribution in [-0.4, -0.2) is 34.6 Å². The Hall–Kier alpha value is -2.70. The lowest BCUT2D eigenvalue weighted by atomic mass is 10.2. The van der Waals surface area contributed by atoms with Crippen LogP contribution in [0.1, 0.15) is 23.0 Å². The molecule has 0 aliphatic carbocycles. The van der Waals surface area contributed by atoms with Crippen LogP contribution in [0.25, 0.3) is 0 Å². The molecule has 21 heavy (non-hydrogen) atoms. The summed E-state index contributed by atoms with van der Waals surface area (Å²) in [7, 11) is 1.55. The van der Waals surface area contributed by atoms with Crippen molar-refractivity contribution in [2.75, 3.05) is 13.7 Å². The van der Waals surface area contributed by atoms with E-state index in [1.54, 1.807) is 19.4 Å². The third-order valence-electron chi connectivity index (χ3n) is 2.63. The molecule has 0 aliphatic rings. The fraction of sp³-hybridized carbons (Fsp3) is 0.286. The average Bonchev–Trinajstić information content (AvgIpc) is 2.53. The van der Waals surface area contributed by atoms with Crippen LogP contribution >= 0.6 is 0 Å². The van der Waals surface area contributed by atoms with Gasteiger partial charge in [0, 0.05) is 24.9 Å². The van der Waals surface area contributed by atoms with Crippen molar-refractivity contribution in [1.82, 2.24) is 20.3 Å². The zero-order valence-electron chi connectivity index (χ0n) is 11.9. The quantitative estimate of drug-likeness (QED) is 0.859. The molecule has 0 saturated heterocycles. The van der Waals surface area contributed by atoms with Gasteiger partial charge in [0.15, 0.2) is 0 Å². The predicted octanol–water partition coefficient (Wildman–Crippen LogP) is 1.21. The zero-order chi connectivity index (χ0) is 15.1. The van der Waals surface area contributed by atoms with Crippen LogP contribution in [0.2, 0.25) is 0 Å². The Morgan fingerprint density at radius 3 is 2.76 bits per heavy atom. The highest BCUT2D eigenvalue weighted by Gasteiger charge is 2.09. The van der Waals surface area contributed by atoms with Crippen LogP contribution in [-0.2, 0) is 6.54 Å². The number of nitrogens with one attached hydrogen (secondary N) is 1. The lowest BCUT2D eigenvalue weighted by Gasteiger charge is -2.06. The molecule has 0 spiro atoms. The van der Waals surface area contributed by atoms with E-state index < -0.39 is 0 Å². The van der Waals surface area contributed by atoms with Crippen molar-refractivity contribution < 1.29 is 14.3 Å². The lowest BCUT2D eigenvalue weighted by Crippen LogP contribution is -2.24. The Balaban J connectivity index is 1.95. The van der Waals surface area contributed by atoms with E-state index in [2.05, 4.69) is 20.3 Å². The first kappa shape index (κ1) is 14.7. The second kappa shape index (κ2) is 7.18. The number of carbonyl (C=O) groups excluding carboxylic acids is 1. The molecule has 7 nitrogen and oxygen atoms in total. The van der Waals surface area contributed by atoms with Crippen molar-refractivity contribution in [1.29, 1.82) is 0 Å². The van der Waals surface area contributed by atoms with Crippen LogP contribution in [0.5, 0.6) is 11.8 Å². The maximum atomic E-state index is 12.0. The molecule has 0 radical (unpaired) electrons. The number of ether oxygens (including phenoxy) is 2. The fourth-order valence-corrected chi connectivity index (χ4v) is 1.60. The van der Waals surface area contributed by atoms with Gasteiger partial charge in [0.25, 0.3) is 5.91 Å². The van der Waals surface area contributed by atoms with E-state index >= 15 is 0 Å². The summed E-state index contributed by atoms with van der Waals surface area (Å²) in [5, 5.41) is 2.76. The van der Waals surface area contributed by atoms with Crippen molar-refractivity contribution in [2.24, 2.45) is 0 Å². The minimum atomic E-state index is -0.297. The summed E-state index contributed by atoms with van der Waals surface area (Å²) in [6, 6.07) is 5.07. The molecule has 0 saturated carbocycles. The Bertz CT molecular complexity index is 601. The monoisotopic (exact) mass is 288 g/mol. The number of aromatic nitrogens is 3. The van der Waals surface area contributed by atoms with Crippen LogP contribution in [0.15, 0.2) is 30.7 Å². The summed E-state index contributed by atoms with van der Waals surface area (Å²) in [4.78, 5) is 23.9. The maximum Gasteiger partial charge on any atom is 0.270 e. The Morgan fingerprint density at radius 1 is 1.24 bits per heavy atom. The summed E-state index contributed by atoms with van der Waals surface area (Å²) < 4.78 is 10.2. The standard InChI is InChI=1S/C14H16N4O3/c1-3-21-13-6-11(17-9-18-13)14(19)16-8-10-4-5-12(20-2)15-7-10/h4-7,9H,3,8H2,1-2H3,(H,16,19). The third-order valence-corrected chi connectivity index (χ3v) is 2.63. The maximum absolute atomic E-state index is 12.0. The minimum absolute atomic E-state index is 0.259. The molecular formula is C14H16N4O3. The van der Waals surface area contributed by atoms with Gasteiger partial charge in [-0.05, 0) is 12.5 Å². The normalized spacial score (nSPS) is 10.0. The van der Waals surface area contributed by atoms with Crippen molar-refractivity contribution in [3.05, 3.63) is 42.0 Å². The Morgan fingerprint density at radius 2 is 2.10 bits per heavy atom. The molecule has 0 aromatic carbocycles. The van der Waals surface area contributed by atoms with Crippen LogP contribution in [0.4, 0.5) is 0 Å². The number of rotatable bonds is 6. The van der Waals surface area contributed by atoms with Gasteiger partial charge in [-0.2, -0.15) is 0 Å². The lowest BCUT2D eigenvalue weighted by molar-refractivity contribution is 0.0945. The van der Waals surface area contributed by atoms with E-state index in [4.69, 9.17) is 9.47 Å². The SMILES string of the molecule is CCOc1cc(C(=O)NCc2ccc(OC)nc2)ncn1. The number of nitrogens with zero attached hydrogens (tertiary/aromatic N) is 3. The van der Waals surface area contributed by atoms with Crippen LogP contribution < -0.4 is 14.8 Å². The van der Waals surface area contributed by atoms with Gasteiger partial charge in [-0.25, -0.2) is 15.0 Å². The van der Waals surface area contributed by atoms with Gasteiger partial charge < -0.3 is 14.8 Å². The number of amides is 1. The van der Waals surface area contributed by atoms with Gasteiger partial charge in [0.1, 0.15) is 12.0 Å². The average molecular weight is 288 g/mol. The molecule has 2 rings (SSSR count). The largest absolute Gasteiger partial charge is 0.481 e. The number of methoxy groups -OCH3 is 1. The van der Waals surface area contributed by atoms with E-state index in [0.29, 0.717) is 24.9 Å². The molecule has 2 heterocycles. The molecule has 0 fully saturated rings. The predicted molar refractivity (Wildman–Crippen MR) is 75.2 cm³/mol. The molecule has 110 valence electrons. The third kappa shape index (κ3) is 4.13. The van der Waals surface area contributed by atoms with E-state index in [1.807, 2.05) is 13.0 Å². The fourth-order valence-electron chi connectivity index (χ4n) is 1.60. The zero-order valence-corrected chi connectivity index (χ0v) is 11.9. The van der Waals surface area contributed by atoms with Crippen molar-refractivity contribution >= 4 is 5.91 Å². The molecule has 2 aromatic rings. The number of hydrogen-bond acceptors (Lipinski definition) is 6. The second-order valence-corrected chi connectivity index (χ2v) is 4.07. The van der Waals surface area contributed by atoms with E-state index in [-0.39, 0.29) is 11.6 Å². The van der Waals surface area contributed by atoms with Crippen LogP contribution in [0.3, 0.4) is 0 Å². The molecule has 7 heteroatoms. The summed E-state index contributed by atoms with van der Waals surface area (Å²) in [5.41, 5.74) is 1.12. The molecule has 2 aromatic heterocycles. The van der Waals surface area contributed by atoms with E-state index in [9.17, 15) is 4.79 Å². The Labute approximate surface area is 122 Å². The van der Waals surface area contributed by atoms with Crippen LogP contribution in [0, 0.1) is 0 Å². The van der Waals surface area contributed by atoms with Gasteiger partial charge in [0.05, 0.1) is 13.7 Å². The van der Waals surface area contributed by atoms with E-state index in [1.165, 1.54) is 12.4 Å². The summed E-state index contributed by atoms with van der Waals surface area (Å²) in [6.07, 6.45) is 2.94. The highest BCUT2D eigenvalue weighted by atomic mass is 16.5. The first-order chi connectivity index (χ1) is 10.2. The minimum Gasteiger partial charge on any atom is -0.481 e. The molecule has 0 aliphatic heterocycles. The summed E-state index contributed by atoms with van der Waals surface area (Å²) in [6.45, 7) is 2.68. The molecular weight excluding hydrogens is 272 g/mol. The summed E-state index contributed by atoms with van der Waals surface area (Å²) in [5.74, 6) is 0.611. The molecule has 0 unspecified atom stereocenters.